The minimum absolute atomic E-state index is 0.121. The summed E-state index contributed by atoms with van der Waals surface area (Å²) < 4.78 is 43.6. The molecule has 174 valence electrons. The fourth-order valence-electron chi connectivity index (χ4n) is 4.13. The second-order valence-corrected chi connectivity index (χ2v) is 10.9. The lowest BCUT2D eigenvalue weighted by Crippen LogP contribution is -2.58. The van der Waals surface area contributed by atoms with Crippen LogP contribution < -0.4 is 10.0 Å². The van der Waals surface area contributed by atoms with Gasteiger partial charge in [-0.05, 0) is 63.5 Å². The lowest BCUT2D eigenvalue weighted by atomic mass is 10.1. The molecule has 0 spiro atoms. The SMILES string of the molecule is O=C(Nc1ccc(F)c(Cl)c1)[C@H]1C[C@@H](c2nccs2)NS(=O)(=O)N1CCCN1CCCC1. The van der Waals surface area contributed by atoms with E-state index in [1.54, 1.807) is 11.6 Å². The lowest BCUT2D eigenvalue weighted by Gasteiger charge is -2.37. The van der Waals surface area contributed by atoms with E-state index >= 15 is 0 Å². The second kappa shape index (κ2) is 10.1. The van der Waals surface area contributed by atoms with Crippen molar-refractivity contribution in [3.05, 3.63) is 45.6 Å². The zero-order valence-electron chi connectivity index (χ0n) is 17.3. The maximum Gasteiger partial charge on any atom is 0.280 e. The van der Waals surface area contributed by atoms with E-state index < -0.39 is 34.0 Å². The summed E-state index contributed by atoms with van der Waals surface area (Å²) in [6.07, 6.45) is 4.77. The number of hydrogen-bond donors (Lipinski definition) is 2. The first-order valence-corrected chi connectivity index (χ1v) is 13.2. The average Bonchev–Trinajstić information content (AvgIpc) is 3.45. The molecule has 0 unspecified atom stereocenters. The van der Waals surface area contributed by atoms with Crippen LogP contribution in [0.15, 0.2) is 29.8 Å². The van der Waals surface area contributed by atoms with Gasteiger partial charge < -0.3 is 10.2 Å². The number of carbonyl (C=O) groups excluding carboxylic acids is 1. The number of anilines is 1. The van der Waals surface area contributed by atoms with Crippen LogP contribution in [0.1, 0.15) is 36.7 Å². The molecule has 2 aliphatic heterocycles. The number of likely N-dealkylation sites (tertiary alicyclic amines) is 1. The Morgan fingerprint density at radius 2 is 2.09 bits per heavy atom. The average molecular weight is 502 g/mol. The first kappa shape index (κ1) is 23.5. The number of hydrogen-bond acceptors (Lipinski definition) is 6. The van der Waals surface area contributed by atoms with Crippen LogP contribution in [0.4, 0.5) is 10.1 Å². The number of nitrogens with one attached hydrogen (secondary N) is 2. The smallest absolute Gasteiger partial charge is 0.280 e. The Balaban J connectivity index is 1.53. The van der Waals surface area contributed by atoms with Gasteiger partial charge in [-0.25, -0.2) is 9.37 Å². The van der Waals surface area contributed by atoms with Crippen molar-refractivity contribution in [1.82, 2.24) is 18.9 Å². The van der Waals surface area contributed by atoms with E-state index in [1.165, 1.54) is 27.8 Å². The number of halogens is 2. The van der Waals surface area contributed by atoms with Gasteiger partial charge in [-0.3, -0.25) is 4.79 Å². The van der Waals surface area contributed by atoms with Gasteiger partial charge in [0.25, 0.3) is 10.2 Å². The van der Waals surface area contributed by atoms with Gasteiger partial charge >= 0.3 is 0 Å². The Hall–Kier alpha value is -1.63. The highest BCUT2D eigenvalue weighted by Gasteiger charge is 2.43. The molecule has 1 aromatic heterocycles. The maximum absolute atomic E-state index is 13.5. The molecule has 8 nitrogen and oxygen atoms in total. The van der Waals surface area contributed by atoms with Crippen molar-refractivity contribution in [1.29, 1.82) is 0 Å². The molecule has 2 aromatic rings. The van der Waals surface area contributed by atoms with Crippen LogP contribution in [0.3, 0.4) is 0 Å². The number of aromatic nitrogens is 1. The largest absolute Gasteiger partial charge is 0.325 e. The highest BCUT2D eigenvalue weighted by molar-refractivity contribution is 7.87. The fraction of sp³-hybridized carbons (Fsp3) is 0.500. The van der Waals surface area contributed by atoms with E-state index in [0.717, 1.165) is 38.5 Å². The molecule has 0 bridgehead atoms. The van der Waals surface area contributed by atoms with Gasteiger partial charge in [0.05, 0.1) is 11.1 Å². The van der Waals surface area contributed by atoms with Crippen LogP contribution in [0.25, 0.3) is 0 Å². The molecule has 32 heavy (non-hydrogen) atoms. The molecule has 4 rings (SSSR count). The number of thiazole rings is 1. The van der Waals surface area contributed by atoms with E-state index in [0.29, 0.717) is 17.1 Å². The maximum atomic E-state index is 13.5. The van der Waals surface area contributed by atoms with Gasteiger partial charge in [-0.1, -0.05) is 11.6 Å². The first-order valence-electron chi connectivity index (χ1n) is 10.5. The van der Waals surface area contributed by atoms with Crippen LogP contribution >= 0.6 is 22.9 Å². The van der Waals surface area contributed by atoms with E-state index in [9.17, 15) is 17.6 Å². The summed E-state index contributed by atoms with van der Waals surface area (Å²) in [5.74, 6) is -1.08. The zero-order chi connectivity index (χ0) is 22.7. The number of nitrogens with zero attached hydrogens (tertiary/aromatic N) is 3. The summed E-state index contributed by atoms with van der Waals surface area (Å²) in [7, 11) is -3.91. The van der Waals surface area contributed by atoms with Gasteiger partial charge in [0.15, 0.2) is 0 Å². The van der Waals surface area contributed by atoms with E-state index in [4.69, 9.17) is 11.6 Å². The molecule has 2 fully saturated rings. The molecule has 3 heterocycles. The van der Waals surface area contributed by atoms with Gasteiger partial charge in [0, 0.05) is 23.8 Å². The molecule has 2 saturated heterocycles. The van der Waals surface area contributed by atoms with Crippen molar-refractivity contribution in [2.24, 2.45) is 0 Å². The third kappa shape index (κ3) is 5.46. The van der Waals surface area contributed by atoms with Crippen molar-refractivity contribution in [2.75, 3.05) is 31.5 Å². The Kier molecular flexibility index (Phi) is 7.43. The van der Waals surface area contributed by atoms with Crippen LogP contribution in [-0.4, -0.2) is 60.7 Å². The molecule has 2 aliphatic rings. The second-order valence-electron chi connectivity index (χ2n) is 7.93. The number of rotatable bonds is 7. The highest BCUT2D eigenvalue weighted by Crippen LogP contribution is 2.31. The normalized spacial score (nSPS) is 23.9. The molecule has 2 atom stereocenters. The Labute approximate surface area is 195 Å². The topological polar surface area (TPSA) is 94.6 Å². The molecular weight excluding hydrogens is 477 g/mol. The van der Waals surface area contributed by atoms with E-state index in [2.05, 4.69) is 19.9 Å². The van der Waals surface area contributed by atoms with Crippen molar-refractivity contribution in [3.8, 4) is 0 Å². The molecule has 1 aromatic carbocycles. The molecule has 2 N–H and O–H groups in total. The van der Waals surface area contributed by atoms with Gasteiger partial charge in [-0.15, -0.1) is 11.3 Å². The summed E-state index contributed by atoms with van der Waals surface area (Å²) in [5, 5.41) is 4.94. The summed E-state index contributed by atoms with van der Waals surface area (Å²) in [6, 6.07) is 2.33. The highest BCUT2D eigenvalue weighted by atomic mass is 35.5. The van der Waals surface area contributed by atoms with Crippen molar-refractivity contribution >= 4 is 44.7 Å². The fourth-order valence-corrected chi connectivity index (χ4v) is 6.68. The molecule has 0 radical (unpaired) electrons. The zero-order valence-corrected chi connectivity index (χ0v) is 19.7. The van der Waals surface area contributed by atoms with Gasteiger partial charge in [-0.2, -0.15) is 17.4 Å². The summed E-state index contributed by atoms with van der Waals surface area (Å²) >= 11 is 7.16. The monoisotopic (exact) mass is 501 g/mol. The van der Waals surface area contributed by atoms with Gasteiger partial charge in [0.2, 0.25) is 5.91 Å². The lowest BCUT2D eigenvalue weighted by molar-refractivity contribution is -0.120. The minimum Gasteiger partial charge on any atom is -0.325 e. The first-order chi connectivity index (χ1) is 15.3. The summed E-state index contributed by atoms with van der Waals surface area (Å²) in [4.78, 5) is 19.7. The number of carbonyl (C=O) groups is 1. The molecule has 0 aliphatic carbocycles. The van der Waals surface area contributed by atoms with Crippen LogP contribution in [0, 0.1) is 5.82 Å². The number of benzene rings is 1. The molecule has 12 heteroatoms. The standard InChI is InChI=1S/C20H25ClFN5O3S2/c21-15-12-14(4-5-16(15)22)24-19(28)18-13-17(20-23-6-11-31-20)25-32(29,30)27(18)10-3-9-26-7-1-2-8-26/h4-6,11-12,17-18,25H,1-3,7-10,13H2,(H,24,28)/t17-,18+/m0/s1. The van der Waals surface area contributed by atoms with Crippen LogP contribution in [0.2, 0.25) is 5.02 Å². The van der Waals surface area contributed by atoms with Crippen molar-refractivity contribution < 1.29 is 17.6 Å². The number of amides is 1. The third-order valence-corrected chi connectivity index (χ3v) is 8.51. The summed E-state index contributed by atoms with van der Waals surface area (Å²) in [6.45, 7) is 3.04. The minimum atomic E-state index is -3.91. The van der Waals surface area contributed by atoms with E-state index in [-0.39, 0.29) is 18.0 Å². The molecular formula is C20H25ClFN5O3S2. The van der Waals surface area contributed by atoms with Crippen LogP contribution in [-0.2, 0) is 15.0 Å². The molecule has 0 saturated carbocycles. The van der Waals surface area contributed by atoms with Crippen molar-refractivity contribution in [2.45, 2.75) is 37.8 Å². The quantitative estimate of drug-likeness (QED) is 0.608. The Morgan fingerprint density at radius 3 is 2.78 bits per heavy atom. The predicted molar refractivity (Wildman–Crippen MR) is 122 cm³/mol. The summed E-state index contributed by atoms with van der Waals surface area (Å²) in [5.41, 5.74) is 0.306. The van der Waals surface area contributed by atoms with Gasteiger partial charge in [0.1, 0.15) is 16.9 Å². The van der Waals surface area contributed by atoms with E-state index in [1.807, 2.05) is 0 Å². The van der Waals surface area contributed by atoms with Crippen molar-refractivity contribution in [3.63, 3.8) is 0 Å². The molecule has 1 amide bonds. The van der Waals surface area contributed by atoms with Crippen LogP contribution in [0.5, 0.6) is 0 Å². The predicted octanol–water partition coefficient (Wildman–Crippen LogP) is 3.01. The Bertz CT molecular complexity index is 1050. The Morgan fingerprint density at radius 1 is 1.31 bits per heavy atom. The third-order valence-electron chi connectivity index (χ3n) is 5.70.